The molecule has 0 fully saturated rings. The maximum atomic E-state index is 11.0. The highest BCUT2D eigenvalue weighted by atomic mass is 16.6. The zero-order valence-corrected chi connectivity index (χ0v) is 12.8. The number of ether oxygens (including phenoxy) is 1. The van der Waals surface area contributed by atoms with Gasteiger partial charge in [0.05, 0.1) is 12.0 Å². The molecule has 0 saturated carbocycles. The highest BCUT2D eigenvalue weighted by Gasteiger charge is 2.20. The van der Waals surface area contributed by atoms with Crippen molar-refractivity contribution in [2.75, 3.05) is 27.7 Å². The van der Waals surface area contributed by atoms with Crippen LogP contribution in [0.1, 0.15) is 19.4 Å². The fourth-order valence-electron chi connectivity index (χ4n) is 1.66. The molecular formula is C14H23N3O3. The minimum atomic E-state index is -0.425. The van der Waals surface area contributed by atoms with Crippen LogP contribution in [0.15, 0.2) is 18.2 Å². The summed E-state index contributed by atoms with van der Waals surface area (Å²) in [4.78, 5) is 12.7. The second kappa shape index (κ2) is 6.67. The van der Waals surface area contributed by atoms with Gasteiger partial charge in [-0.2, -0.15) is 0 Å². The highest BCUT2D eigenvalue weighted by Crippen LogP contribution is 2.27. The number of methoxy groups -OCH3 is 1. The molecule has 6 heteroatoms. The smallest absolute Gasteiger partial charge is 0.311 e. The Labute approximate surface area is 119 Å². The predicted octanol–water partition coefficient (Wildman–Crippen LogP) is 2.03. The summed E-state index contributed by atoms with van der Waals surface area (Å²) in [6.45, 7) is 5.65. The molecule has 20 heavy (non-hydrogen) atoms. The van der Waals surface area contributed by atoms with Crippen LogP contribution in [-0.2, 0) is 6.54 Å². The molecule has 112 valence electrons. The Morgan fingerprint density at radius 1 is 1.40 bits per heavy atom. The zero-order chi connectivity index (χ0) is 15.3. The average molecular weight is 281 g/mol. The third-order valence-electron chi connectivity index (χ3n) is 3.54. The lowest BCUT2D eigenvalue weighted by molar-refractivity contribution is -0.385. The Balaban J connectivity index is 2.70. The molecule has 0 aliphatic heterocycles. The van der Waals surface area contributed by atoms with Gasteiger partial charge in [-0.15, -0.1) is 0 Å². The summed E-state index contributed by atoms with van der Waals surface area (Å²) in [6.07, 6.45) is 0. The van der Waals surface area contributed by atoms with Crippen LogP contribution in [-0.4, -0.2) is 43.1 Å². The molecule has 0 unspecified atom stereocenters. The van der Waals surface area contributed by atoms with Crippen LogP contribution in [0.4, 0.5) is 5.69 Å². The minimum Gasteiger partial charge on any atom is -0.490 e. The summed E-state index contributed by atoms with van der Waals surface area (Å²) in [7, 11) is 5.49. The largest absolute Gasteiger partial charge is 0.490 e. The van der Waals surface area contributed by atoms with Gasteiger partial charge in [0, 0.05) is 24.7 Å². The van der Waals surface area contributed by atoms with E-state index in [2.05, 4.69) is 24.1 Å². The maximum Gasteiger partial charge on any atom is 0.311 e. The second-order valence-corrected chi connectivity index (χ2v) is 5.57. The molecule has 0 atom stereocenters. The fraction of sp³-hybridized carbons (Fsp3) is 0.571. The quantitative estimate of drug-likeness (QED) is 0.612. The Hall–Kier alpha value is -1.66. The molecular weight excluding hydrogens is 258 g/mol. The van der Waals surface area contributed by atoms with E-state index >= 15 is 0 Å². The molecule has 1 aromatic carbocycles. The van der Waals surface area contributed by atoms with Crippen LogP contribution in [0.2, 0.25) is 0 Å². The number of benzene rings is 1. The maximum absolute atomic E-state index is 11.0. The van der Waals surface area contributed by atoms with E-state index in [-0.39, 0.29) is 17.0 Å². The lowest BCUT2D eigenvalue weighted by Gasteiger charge is -2.32. The van der Waals surface area contributed by atoms with Gasteiger partial charge in [0.2, 0.25) is 0 Å². The Bertz CT molecular complexity index is 473. The minimum absolute atomic E-state index is 0.00123. The van der Waals surface area contributed by atoms with Crippen LogP contribution in [0, 0.1) is 10.1 Å². The van der Waals surface area contributed by atoms with Crippen molar-refractivity contribution in [2.45, 2.75) is 25.9 Å². The summed E-state index contributed by atoms with van der Waals surface area (Å²) in [5.41, 5.74) is 0.893. The number of rotatable bonds is 7. The van der Waals surface area contributed by atoms with E-state index in [0.717, 1.165) is 12.1 Å². The molecule has 0 amide bonds. The van der Waals surface area contributed by atoms with E-state index in [1.807, 2.05) is 20.2 Å². The molecule has 6 nitrogen and oxygen atoms in total. The fourth-order valence-corrected chi connectivity index (χ4v) is 1.66. The van der Waals surface area contributed by atoms with Crippen molar-refractivity contribution in [2.24, 2.45) is 0 Å². The molecule has 0 saturated heterocycles. The molecule has 0 bridgehead atoms. The summed E-state index contributed by atoms with van der Waals surface area (Å²) in [6, 6.07) is 5.02. The molecule has 0 aliphatic carbocycles. The van der Waals surface area contributed by atoms with Gasteiger partial charge in [0.25, 0.3) is 0 Å². The van der Waals surface area contributed by atoms with Crippen molar-refractivity contribution in [3.63, 3.8) is 0 Å². The van der Waals surface area contributed by atoms with Gasteiger partial charge in [-0.3, -0.25) is 10.1 Å². The average Bonchev–Trinajstić information content (AvgIpc) is 2.38. The molecule has 0 aliphatic rings. The first-order chi connectivity index (χ1) is 9.27. The first-order valence-electron chi connectivity index (χ1n) is 6.47. The monoisotopic (exact) mass is 281 g/mol. The summed E-state index contributed by atoms with van der Waals surface area (Å²) in [5.74, 6) is 0.285. The van der Waals surface area contributed by atoms with Gasteiger partial charge in [-0.1, -0.05) is 6.07 Å². The number of hydrogen-bond acceptors (Lipinski definition) is 5. The number of nitrogens with one attached hydrogen (secondary N) is 1. The third kappa shape index (κ3) is 4.18. The molecule has 1 rings (SSSR count). The van der Waals surface area contributed by atoms with Gasteiger partial charge < -0.3 is 15.0 Å². The first kappa shape index (κ1) is 16.4. The number of nitro groups is 1. The molecule has 0 spiro atoms. The molecule has 1 aromatic rings. The number of nitro benzene ring substituents is 1. The van der Waals surface area contributed by atoms with Crippen LogP contribution in [0.5, 0.6) is 5.75 Å². The summed E-state index contributed by atoms with van der Waals surface area (Å²) in [5, 5.41) is 14.3. The zero-order valence-electron chi connectivity index (χ0n) is 12.8. The molecule has 1 N–H and O–H groups in total. The Morgan fingerprint density at radius 3 is 2.55 bits per heavy atom. The highest BCUT2D eigenvalue weighted by molar-refractivity contribution is 5.48. The normalized spacial score (nSPS) is 11.7. The second-order valence-electron chi connectivity index (χ2n) is 5.57. The van der Waals surface area contributed by atoms with Crippen LogP contribution >= 0.6 is 0 Å². The molecule has 0 radical (unpaired) electrons. The van der Waals surface area contributed by atoms with Crippen LogP contribution < -0.4 is 10.1 Å². The summed E-state index contributed by atoms with van der Waals surface area (Å²) >= 11 is 0. The van der Waals surface area contributed by atoms with Crippen molar-refractivity contribution in [1.82, 2.24) is 10.2 Å². The predicted molar refractivity (Wildman–Crippen MR) is 79.1 cm³/mol. The van der Waals surface area contributed by atoms with Gasteiger partial charge >= 0.3 is 5.69 Å². The first-order valence-corrected chi connectivity index (χ1v) is 6.47. The van der Waals surface area contributed by atoms with Gasteiger partial charge in [0.15, 0.2) is 5.75 Å². The Morgan fingerprint density at radius 2 is 2.05 bits per heavy atom. The van der Waals surface area contributed by atoms with E-state index in [4.69, 9.17) is 4.74 Å². The number of hydrogen-bond donors (Lipinski definition) is 1. The molecule has 0 heterocycles. The van der Waals surface area contributed by atoms with Crippen molar-refractivity contribution < 1.29 is 9.66 Å². The van der Waals surface area contributed by atoms with E-state index in [0.29, 0.717) is 6.54 Å². The Kier molecular flexibility index (Phi) is 5.47. The van der Waals surface area contributed by atoms with E-state index < -0.39 is 4.92 Å². The van der Waals surface area contributed by atoms with Gasteiger partial charge in [-0.25, -0.2) is 0 Å². The van der Waals surface area contributed by atoms with Crippen LogP contribution in [0.3, 0.4) is 0 Å². The topological polar surface area (TPSA) is 67.6 Å². The van der Waals surface area contributed by atoms with Crippen molar-refractivity contribution in [3.8, 4) is 5.75 Å². The number of nitrogens with zero attached hydrogens (tertiary/aromatic N) is 2. The van der Waals surface area contributed by atoms with E-state index in [1.165, 1.54) is 7.11 Å². The lowest BCUT2D eigenvalue weighted by Crippen LogP contribution is -2.46. The lowest BCUT2D eigenvalue weighted by atomic mass is 10.0. The van der Waals surface area contributed by atoms with Crippen molar-refractivity contribution in [1.29, 1.82) is 0 Å². The SMILES string of the molecule is COc1ccc(CNCC(C)(C)N(C)C)cc1[N+](=O)[O-]. The molecule has 0 aromatic heterocycles. The van der Waals surface area contributed by atoms with Gasteiger partial charge in [0.1, 0.15) is 0 Å². The van der Waals surface area contributed by atoms with Crippen molar-refractivity contribution in [3.05, 3.63) is 33.9 Å². The van der Waals surface area contributed by atoms with E-state index in [9.17, 15) is 10.1 Å². The number of likely N-dealkylation sites (N-methyl/N-ethyl adjacent to an activating group) is 1. The van der Waals surface area contributed by atoms with Crippen LogP contribution in [0.25, 0.3) is 0 Å². The third-order valence-corrected chi connectivity index (χ3v) is 3.54. The summed E-state index contributed by atoms with van der Waals surface area (Å²) < 4.78 is 4.98. The van der Waals surface area contributed by atoms with E-state index in [1.54, 1.807) is 12.1 Å². The van der Waals surface area contributed by atoms with Gasteiger partial charge in [-0.05, 0) is 39.6 Å². The standard InChI is InChI=1S/C14H23N3O3/c1-14(2,16(3)4)10-15-9-11-6-7-13(20-5)12(8-11)17(18)19/h6-8,15H,9-10H2,1-5H3. The van der Waals surface area contributed by atoms with Crippen molar-refractivity contribution >= 4 is 5.69 Å².